The monoisotopic (exact) mass is 559 g/mol. The summed E-state index contributed by atoms with van der Waals surface area (Å²) < 4.78 is 15.7. The van der Waals surface area contributed by atoms with Crippen LogP contribution in [0.15, 0.2) is 72.8 Å². The standard InChI is InChI=1S/C31H31ClFN5O2/c32-26-8-2-1-7-25(26)31(40)37-18-16-36(17-19-37)30(39)22-6-5-15-35(20-22)21-29-34-27-9-3-4-10-28(27)38(29)24-13-11-23(33)12-14-24/h1-4,7-14,22H,5-6,15-21H2/t22-/m0/s1. The molecule has 6 rings (SSSR count). The summed E-state index contributed by atoms with van der Waals surface area (Å²) in [7, 11) is 0. The number of carbonyl (C=O) groups is 2. The molecule has 40 heavy (non-hydrogen) atoms. The maximum Gasteiger partial charge on any atom is 0.255 e. The van der Waals surface area contributed by atoms with E-state index in [1.54, 1.807) is 29.2 Å². The minimum absolute atomic E-state index is 0.0921. The van der Waals surface area contributed by atoms with E-state index < -0.39 is 0 Å². The molecule has 0 N–H and O–H groups in total. The summed E-state index contributed by atoms with van der Waals surface area (Å²) in [6.07, 6.45) is 1.78. The van der Waals surface area contributed by atoms with Gasteiger partial charge in [0, 0.05) is 38.4 Å². The normalized spacial score (nSPS) is 18.3. The number of aromatic nitrogens is 2. The second-order valence-electron chi connectivity index (χ2n) is 10.5. The molecule has 2 aliphatic rings. The van der Waals surface area contributed by atoms with Crippen molar-refractivity contribution in [3.8, 4) is 5.69 Å². The Hall–Kier alpha value is -3.75. The van der Waals surface area contributed by atoms with Crippen molar-refractivity contribution in [2.45, 2.75) is 19.4 Å². The van der Waals surface area contributed by atoms with E-state index in [-0.39, 0.29) is 23.5 Å². The minimum Gasteiger partial charge on any atom is -0.339 e. The van der Waals surface area contributed by atoms with Gasteiger partial charge in [-0.1, -0.05) is 35.9 Å². The molecule has 3 heterocycles. The van der Waals surface area contributed by atoms with Crippen molar-refractivity contribution in [3.63, 3.8) is 0 Å². The Labute approximate surface area is 237 Å². The SMILES string of the molecule is O=C(c1ccccc1Cl)N1CCN(C(=O)[C@H]2CCCN(Cc3nc4ccccc4n3-c3ccc(F)cc3)C2)CC1. The molecule has 2 saturated heterocycles. The molecule has 1 aromatic heterocycles. The number of nitrogens with zero attached hydrogens (tertiary/aromatic N) is 5. The van der Waals surface area contributed by atoms with E-state index in [0.29, 0.717) is 49.9 Å². The number of carbonyl (C=O) groups excluding carboxylic acids is 2. The fraction of sp³-hybridized carbons (Fsp3) is 0.323. The van der Waals surface area contributed by atoms with Crippen LogP contribution in [-0.2, 0) is 11.3 Å². The van der Waals surface area contributed by atoms with Crippen molar-refractivity contribution < 1.29 is 14.0 Å². The molecular formula is C31H31ClFN5O2. The van der Waals surface area contributed by atoms with Crippen molar-refractivity contribution in [3.05, 3.63) is 95.0 Å². The molecule has 206 valence electrons. The van der Waals surface area contributed by atoms with Gasteiger partial charge in [-0.15, -0.1) is 0 Å². The third-order valence-corrected chi connectivity index (χ3v) is 8.25. The zero-order valence-electron chi connectivity index (χ0n) is 22.2. The highest BCUT2D eigenvalue weighted by atomic mass is 35.5. The number of hydrogen-bond donors (Lipinski definition) is 0. The molecule has 2 amide bonds. The maximum absolute atomic E-state index is 13.6. The fourth-order valence-corrected chi connectivity index (χ4v) is 6.07. The molecule has 2 fully saturated rings. The number of piperidine rings is 1. The Balaban J connectivity index is 1.12. The van der Waals surface area contributed by atoms with Crippen LogP contribution >= 0.6 is 11.6 Å². The van der Waals surface area contributed by atoms with Gasteiger partial charge in [0.1, 0.15) is 11.6 Å². The van der Waals surface area contributed by atoms with Crippen molar-refractivity contribution in [2.24, 2.45) is 5.92 Å². The first-order valence-corrected chi connectivity index (χ1v) is 14.1. The molecule has 0 aliphatic carbocycles. The molecule has 0 unspecified atom stereocenters. The third-order valence-electron chi connectivity index (χ3n) is 7.92. The van der Waals surface area contributed by atoms with Crippen molar-refractivity contribution in [2.75, 3.05) is 39.3 Å². The number of likely N-dealkylation sites (tertiary alicyclic amines) is 1. The predicted molar refractivity (Wildman–Crippen MR) is 153 cm³/mol. The average Bonchev–Trinajstić information content (AvgIpc) is 3.35. The fourth-order valence-electron chi connectivity index (χ4n) is 5.85. The number of halogens is 2. The van der Waals surface area contributed by atoms with Gasteiger partial charge in [-0.2, -0.15) is 0 Å². The molecule has 0 spiro atoms. The van der Waals surface area contributed by atoms with E-state index >= 15 is 0 Å². The summed E-state index contributed by atoms with van der Waals surface area (Å²) in [5.74, 6) is 0.559. The number of para-hydroxylation sites is 2. The highest BCUT2D eigenvalue weighted by molar-refractivity contribution is 6.33. The van der Waals surface area contributed by atoms with Crippen LogP contribution in [-0.4, -0.2) is 75.3 Å². The number of benzene rings is 3. The number of fused-ring (bicyclic) bond motifs is 1. The van der Waals surface area contributed by atoms with Crippen LogP contribution in [0.5, 0.6) is 0 Å². The highest BCUT2D eigenvalue weighted by Crippen LogP contribution is 2.26. The second kappa shape index (κ2) is 11.4. The molecule has 7 nitrogen and oxygen atoms in total. The Kier molecular flexibility index (Phi) is 7.54. The lowest BCUT2D eigenvalue weighted by atomic mass is 9.96. The molecule has 4 aromatic rings. The Morgan fingerprint density at radius 3 is 2.35 bits per heavy atom. The summed E-state index contributed by atoms with van der Waals surface area (Å²) in [6, 6.07) is 21.5. The quantitative estimate of drug-likeness (QED) is 0.345. The molecule has 0 radical (unpaired) electrons. The lowest BCUT2D eigenvalue weighted by Crippen LogP contribution is -2.53. The minimum atomic E-state index is -0.277. The van der Waals surface area contributed by atoms with Gasteiger partial charge >= 0.3 is 0 Å². The average molecular weight is 560 g/mol. The van der Waals surface area contributed by atoms with E-state index in [4.69, 9.17) is 16.6 Å². The van der Waals surface area contributed by atoms with E-state index in [9.17, 15) is 14.0 Å². The predicted octanol–water partition coefficient (Wildman–Crippen LogP) is 5.01. The lowest BCUT2D eigenvalue weighted by Gasteiger charge is -2.39. The lowest BCUT2D eigenvalue weighted by molar-refractivity contribution is -0.139. The summed E-state index contributed by atoms with van der Waals surface area (Å²) in [5.41, 5.74) is 3.21. The molecule has 0 bridgehead atoms. The zero-order valence-corrected chi connectivity index (χ0v) is 22.9. The highest BCUT2D eigenvalue weighted by Gasteiger charge is 2.33. The number of piperazine rings is 1. The van der Waals surface area contributed by atoms with Crippen LogP contribution in [0, 0.1) is 11.7 Å². The first kappa shape index (κ1) is 26.5. The Bertz CT molecular complexity index is 1530. The summed E-state index contributed by atoms with van der Waals surface area (Å²) in [4.78, 5) is 37.3. The van der Waals surface area contributed by atoms with Gasteiger partial charge in [0.15, 0.2) is 0 Å². The largest absolute Gasteiger partial charge is 0.339 e. The van der Waals surface area contributed by atoms with Crippen LogP contribution in [0.1, 0.15) is 29.0 Å². The van der Waals surface area contributed by atoms with Crippen LogP contribution in [0.4, 0.5) is 4.39 Å². The molecule has 3 aromatic carbocycles. The molecule has 1 atom stereocenters. The molecule has 2 aliphatic heterocycles. The van der Waals surface area contributed by atoms with Crippen molar-refractivity contribution in [1.82, 2.24) is 24.3 Å². The van der Waals surface area contributed by atoms with E-state index in [1.807, 2.05) is 41.3 Å². The van der Waals surface area contributed by atoms with Crippen LogP contribution < -0.4 is 0 Å². The first-order chi connectivity index (χ1) is 19.5. The summed E-state index contributed by atoms with van der Waals surface area (Å²) in [6.45, 7) is 4.16. The van der Waals surface area contributed by atoms with Crippen LogP contribution in [0.25, 0.3) is 16.7 Å². The smallest absolute Gasteiger partial charge is 0.255 e. The Morgan fingerprint density at radius 1 is 0.875 bits per heavy atom. The summed E-state index contributed by atoms with van der Waals surface area (Å²) >= 11 is 6.23. The zero-order chi connectivity index (χ0) is 27.6. The van der Waals surface area contributed by atoms with Gasteiger partial charge in [0.2, 0.25) is 5.91 Å². The van der Waals surface area contributed by atoms with Crippen molar-refractivity contribution in [1.29, 1.82) is 0 Å². The van der Waals surface area contributed by atoms with Gasteiger partial charge < -0.3 is 9.80 Å². The number of imidazole rings is 1. The van der Waals surface area contributed by atoms with Gasteiger partial charge in [0.05, 0.1) is 34.1 Å². The number of rotatable bonds is 5. The molecule has 9 heteroatoms. The van der Waals surface area contributed by atoms with Gasteiger partial charge in [-0.3, -0.25) is 19.1 Å². The third kappa shape index (κ3) is 5.33. The number of hydrogen-bond acceptors (Lipinski definition) is 4. The van der Waals surface area contributed by atoms with E-state index in [0.717, 1.165) is 41.9 Å². The maximum atomic E-state index is 13.6. The van der Waals surface area contributed by atoms with Crippen LogP contribution in [0.2, 0.25) is 5.02 Å². The van der Waals surface area contributed by atoms with E-state index in [1.165, 1.54) is 12.1 Å². The topological polar surface area (TPSA) is 61.7 Å². The summed E-state index contributed by atoms with van der Waals surface area (Å²) in [5, 5.41) is 0.446. The van der Waals surface area contributed by atoms with Crippen molar-refractivity contribution >= 4 is 34.4 Å². The number of amides is 2. The molecule has 0 saturated carbocycles. The van der Waals surface area contributed by atoms with Gasteiger partial charge in [0.25, 0.3) is 5.91 Å². The second-order valence-corrected chi connectivity index (χ2v) is 10.9. The first-order valence-electron chi connectivity index (χ1n) is 13.7. The van der Waals surface area contributed by atoms with Gasteiger partial charge in [-0.25, -0.2) is 9.37 Å². The Morgan fingerprint density at radius 2 is 1.57 bits per heavy atom. The molecular weight excluding hydrogens is 529 g/mol. The van der Waals surface area contributed by atoms with Gasteiger partial charge in [-0.05, 0) is 67.9 Å². The van der Waals surface area contributed by atoms with Crippen LogP contribution in [0.3, 0.4) is 0 Å². The van der Waals surface area contributed by atoms with E-state index in [2.05, 4.69) is 9.47 Å².